The van der Waals surface area contributed by atoms with Crippen LogP contribution in [0.3, 0.4) is 0 Å². The summed E-state index contributed by atoms with van der Waals surface area (Å²) < 4.78 is 38.0. The summed E-state index contributed by atoms with van der Waals surface area (Å²) in [5.41, 5.74) is 3.42. The van der Waals surface area contributed by atoms with Crippen LogP contribution in [0.25, 0.3) is 0 Å². The molecule has 0 aliphatic carbocycles. The Balaban J connectivity index is 2.04. The third-order valence-corrected chi connectivity index (χ3v) is 4.14. The number of halogens is 4. The molecule has 0 aromatic carbocycles. The average Bonchev–Trinajstić information content (AvgIpc) is 2.75. The second kappa shape index (κ2) is 6.99. The molecule has 1 aromatic heterocycles. The maximum absolute atomic E-state index is 12.7. The zero-order chi connectivity index (χ0) is 17.2. The van der Waals surface area contributed by atoms with Crippen LogP contribution in [0.15, 0.2) is 23.9 Å². The van der Waals surface area contributed by atoms with Crippen molar-refractivity contribution < 1.29 is 13.2 Å². The normalized spacial score (nSPS) is 18.5. The number of alkyl halides is 3. The maximum atomic E-state index is 12.7. The molecule has 7 heteroatoms. The number of nitrogens with one attached hydrogen (secondary N) is 1. The molecule has 1 N–H and O–H groups in total. The fourth-order valence-electron chi connectivity index (χ4n) is 2.49. The first-order valence-corrected chi connectivity index (χ1v) is 8.02. The van der Waals surface area contributed by atoms with E-state index < -0.39 is 16.9 Å². The minimum absolute atomic E-state index is 0.302. The Hall–Kier alpha value is -1.43. The minimum Gasteiger partial charge on any atom is -0.293 e. The van der Waals surface area contributed by atoms with E-state index in [1.165, 1.54) is 11.6 Å². The predicted octanol–water partition coefficient (Wildman–Crippen LogP) is 5.35. The molecule has 0 amide bonds. The highest BCUT2D eigenvalue weighted by Crippen LogP contribution is 2.34. The van der Waals surface area contributed by atoms with Crippen LogP contribution in [-0.4, -0.2) is 16.5 Å². The van der Waals surface area contributed by atoms with E-state index in [9.17, 15) is 13.2 Å². The van der Waals surface area contributed by atoms with Crippen molar-refractivity contribution in [3.05, 3.63) is 34.6 Å². The van der Waals surface area contributed by atoms with E-state index >= 15 is 0 Å². The Morgan fingerprint density at radius 2 is 2.09 bits per heavy atom. The van der Waals surface area contributed by atoms with Crippen LogP contribution in [0.4, 0.5) is 19.0 Å². The summed E-state index contributed by atoms with van der Waals surface area (Å²) in [5, 5.41) is 1.31. The van der Waals surface area contributed by atoms with Crippen molar-refractivity contribution >= 4 is 17.4 Å². The molecule has 0 saturated heterocycles. The van der Waals surface area contributed by atoms with Gasteiger partial charge in [-0.1, -0.05) is 32.4 Å². The summed E-state index contributed by atoms with van der Waals surface area (Å²) in [4.78, 5) is 3.79. The summed E-state index contributed by atoms with van der Waals surface area (Å²) in [7, 11) is 0. The van der Waals surface area contributed by atoms with E-state index in [0.717, 1.165) is 25.5 Å². The molecule has 1 aromatic rings. The number of nitrogens with zero attached hydrogens (tertiary/aromatic N) is 2. The van der Waals surface area contributed by atoms with Gasteiger partial charge in [-0.15, -0.1) is 0 Å². The SMILES string of the molecule is CC(C)CCC1=CN(Nc2ccc(C(F)(F)F)c(Cl)n2)CC1C. The summed E-state index contributed by atoms with van der Waals surface area (Å²) in [6.45, 7) is 7.27. The van der Waals surface area contributed by atoms with Gasteiger partial charge in [0.25, 0.3) is 0 Å². The maximum Gasteiger partial charge on any atom is 0.419 e. The van der Waals surface area contributed by atoms with Crippen LogP contribution in [0, 0.1) is 11.8 Å². The van der Waals surface area contributed by atoms with E-state index in [1.54, 1.807) is 0 Å². The van der Waals surface area contributed by atoms with Crippen LogP contribution in [-0.2, 0) is 6.18 Å². The van der Waals surface area contributed by atoms with Crippen molar-refractivity contribution in [3.63, 3.8) is 0 Å². The van der Waals surface area contributed by atoms with Crippen molar-refractivity contribution in [1.82, 2.24) is 9.99 Å². The fraction of sp³-hybridized carbons (Fsp3) is 0.562. The van der Waals surface area contributed by atoms with Gasteiger partial charge in [0.05, 0.1) is 5.56 Å². The van der Waals surface area contributed by atoms with Crippen molar-refractivity contribution in [2.45, 2.75) is 39.8 Å². The van der Waals surface area contributed by atoms with Gasteiger partial charge in [-0.25, -0.2) is 4.98 Å². The topological polar surface area (TPSA) is 28.2 Å². The van der Waals surface area contributed by atoms with Gasteiger partial charge >= 0.3 is 6.18 Å². The molecule has 2 heterocycles. The van der Waals surface area contributed by atoms with Crippen LogP contribution in [0.5, 0.6) is 0 Å². The van der Waals surface area contributed by atoms with Crippen molar-refractivity contribution in [2.75, 3.05) is 12.0 Å². The predicted molar refractivity (Wildman–Crippen MR) is 85.9 cm³/mol. The monoisotopic (exact) mass is 347 g/mol. The fourth-order valence-corrected chi connectivity index (χ4v) is 2.75. The van der Waals surface area contributed by atoms with E-state index in [-0.39, 0.29) is 0 Å². The molecule has 1 aliphatic rings. The van der Waals surface area contributed by atoms with Crippen LogP contribution in [0.1, 0.15) is 39.2 Å². The molecule has 3 nitrogen and oxygen atoms in total. The molecule has 0 bridgehead atoms. The first-order chi connectivity index (χ1) is 10.7. The van der Waals surface area contributed by atoms with Crippen molar-refractivity contribution in [2.24, 2.45) is 11.8 Å². The number of aromatic nitrogens is 1. The second-order valence-electron chi connectivity index (χ2n) is 6.33. The number of rotatable bonds is 5. The van der Waals surface area contributed by atoms with Crippen molar-refractivity contribution in [3.8, 4) is 0 Å². The molecule has 0 saturated carbocycles. The molecular formula is C16H21ClF3N3. The molecular weight excluding hydrogens is 327 g/mol. The zero-order valence-electron chi connectivity index (χ0n) is 13.4. The van der Waals surface area contributed by atoms with Crippen molar-refractivity contribution in [1.29, 1.82) is 0 Å². The van der Waals surface area contributed by atoms with E-state index in [0.29, 0.717) is 17.7 Å². The van der Waals surface area contributed by atoms with Gasteiger partial charge in [0.1, 0.15) is 11.0 Å². The zero-order valence-corrected chi connectivity index (χ0v) is 14.2. The van der Waals surface area contributed by atoms with Crippen LogP contribution >= 0.6 is 11.6 Å². The number of anilines is 1. The highest BCUT2D eigenvalue weighted by Gasteiger charge is 2.34. The summed E-state index contributed by atoms with van der Waals surface area (Å²) >= 11 is 5.64. The Labute approximate surface area is 139 Å². The highest BCUT2D eigenvalue weighted by molar-refractivity contribution is 6.30. The quantitative estimate of drug-likeness (QED) is 0.727. The Kier molecular flexibility index (Phi) is 5.45. The average molecular weight is 348 g/mol. The third-order valence-electron chi connectivity index (χ3n) is 3.85. The first kappa shape index (κ1) is 17.9. The lowest BCUT2D eigenvalue weighted by atomic mass is 9.96. The molecule has 1 atom stereocenters. The number of hydrogen-bond donors (Lipinski definition) is 1. The lowest BCUT2D eigenvalue weighted by Gasteiger charge is -2.19. The minimum atomic E-state index is -4.49. The van der Waals surface area contributed by atoms with E-state index in [2.05, 4.69) is 31.2 Å². The van der Waals surface area contributed by atoms with Gasteiger partial charge in [-0.3, -0.25) is 10.4 Å². The molecule has 2 rings (SSSR count). The molecule has 0 radical (unpaired) electrons. The lowest BCUT2D eigenvalue weighted by Crippen LogP contribution is -2.24. The molecule has 128 valence electrons. The lowest BCUT2D eigenvalue weighted by molar-refractivity contribution is -0.137. The molecule has 0 fully saturated rings. The molecule has 23 heavy (non-hydrogen) atoms. The van der Waals surface area contributed by atoms with Gasteiger partial charge < -0.3 is 0 Å². The highest BCUT2D eigenvalue weighted by atomic mass is 35.5. The Morgan fingerprint density at radius 1 is 1.39 bits per heavy atom. The number of hydrazine groups is 1. The van der Waals surface area contributed by atoms with E-state index in [4.69, 9.17) is 11.6 Å². The first-order valence-electron chi connectivity index (χ1n) is 7.64. The molecule has 1 unspecified atom stereocenters. The summed E-state index contributed by atoms with van der Waals surface area (Å²) in [6.07, 6.45) is -0.332. The molecule has 0 spiro atoms. The standard InChI is InChI=1S/C16H21ClF3N3/c1-10(2)4-5-12-9-23(8-11(12)3)22-14-7-6-13(15(17)21-14)16(18,19)20/h6-7,9-11H,4-5,8H2,1-3H3,(H,21,22). The smallest absolute Gasteiger partial charge is 0.293 e. The summed E-state index contributed by atoms with van der Waals surface area (Å²) in [5.74, 6) is 1.35. The van der Waals surface area contributed by atoms with Gasteiger partial charge in [0, 0.05) is 12.7 Å². The van der Waals surface area contributed by atoms with Crippen LogP contribution < -0.4 is 5.43 Å². The Bertz CT molecular complexity index is 584. The van der Waals surface area contributed by atoms with Gasteiger partial charge in [-0.2, -0.15) is 13.2 Å². The van der Waals surface area contributed by atoms with Crippen LogP contribution in [0.2, 0.25) is 5.15 Å². The number of hydrogen-bond acceptors (Lipinski definition) is 3. The van der Waals surface area contributed by atoms with Gasteiger partial charge in [0.2, 0.25) is 0 Å². The van der Waals surface area contributed by atoms with Gasteiger partial charge in [0.15, 0.2) is 0 Å². The summed E-state index contributed by atoms with van der Waals surface area (Å²) in [6, 6.07) is 2.24. The van der Waals surface area contributed by atoms with E-state index in [1.807, 2.05) is 11.2 Å². The number of pyridine rings is 1. The second-order valence-corrected chi connectivity index (χ2v) is 6.69. The Morgan fingerprint density at radius 3 is 2.65 bits per heavy atom. The molecule has 1 aliphatic heterocycles. The largest absolute Gasteiger partial charge is 0.419 e. The van der Waals surface area contributed by atoms with Gasteiger partial charge in [-0.05, 0) is 42.4 Å². The third kappa shape index (κ3) is 4.77.